The van der Waals surface area contributed by atoms with Crippen LogP contribution in [0.5, 0.6) is 0 Å². The molecule has 3 saturated carbocycles. The second-order valence-electron chi connectivity index (χ2n) is 9.98. The highest BCUT2D eigenvalue weighted by atomic mass is 28.5. The van der Waals surface area contributed by atoms with E-state index in [-0.39, 0.29) is 0 Å². The molecule has 0 aromatic heterocycles. The fourth-order valence-electron chi connectivity index (χ4n) is 6.67. The minimum atomic E-state index is -2.61. The number of hydrogen-bond donors (Lipinski definition) is 0. The van der Waals surface area contributed by atoms with Gasteiger partial charge in [0.1, 0.15) is 0 Å². The van der Waals surface area contributed by atoms with Gasteiger partial charge in [-0.1, -0.05) is 38.5 Å². The lowest BCUT2D eigenvalue weighted by Gasteiger charge is -2.57. The first kappa shape index (κ1) is 23.6. The SMILES string of the molecule is COC[Si]1(C2CCCC2)O[Si](COC)(C2CCCC2)O[Si](COC)(C2CCCC2)O1. The van der Waals surface area contributed by atoms with Crippen molar-refractivity contribution >= 4 is 25.7 Å². The molecule has 0 spiro atoms. The number of hydrogen-bond acceptors (Lipinski definition) is 6. The molecule has 30 heavy (non-hydrogen) atoms. The van der Waals surface area contributed by atoms with Crippen molar-refractivity contribution in [3.05, 3.63) is 0 Å². The molecule has 0 unspecified atom stereocenters. The maximum Gasteiger partial charge on any atom is 0.350 e. The number of methoxy groups -OCH3 is 3. The summed E-state index contributed by atoms with van der Waals surface area (Å²) in [5.41, 5.74) is 1.53. The van der Waals surface area contributed by atoms with Crippen LogP contribution in [0.4, 0.5) is 0 Å². The summed E-state index contributed by atoms with van der Waals surface area (Å²) in [4.78, 5) is 0. The van der Waals surface area contributed by atoms with Gasteiger partial charge in [0.05, 0.1) is 18.7 Å². The smallest absolute Gasteiger partial charge is 0.350 e. The molecule has 4 rings (SSSR count). The van der Waals surface area contributed by atoms with Crippen LogP contribution in [0.1, 0.15) is 77.0 Å². The Hall–Kier alpha value is 0.411. The molecule has 174 valence electrons. The van der Waals surface area contributed by atoms with Crippen molar-refractivity contribution in [1.82, 2.24) is 0 Å². The van der Waals surface area contributed by atoms with E-state index in [4.69, 9.17) is 26.6 Å². The van der Waals surface area contributed by atoms with Crippen LogP contribution in [0.25, 0.3) is 0 Å². The van der Waals surface area contributed by atoms with Crippen LogP contribution >= 0.6 is 0 Å². The molecule has 0 aromatic carbocycles. The molecule has 1 saturated heterocycles. The highest BCUT2D eigenvalue weighted by Gasteiger charge is 2.69. The van der Waals surface area contributed by atoms with E-state index in [9.17, 15) is 0 Å². The van der Waals surface area contributed by atoms with Gasteiger partial charge >= 0.3 is 25.7 Å². The van der Waals surface area contributed by atoms with Crippen molar-refractivity contribution < 1.29 is 26.6 Å². The van der Waals surface area contributed by atoms with Gasteiger partial charge in [-0.25, -0.2) is 0 Å². The summed E-state index contributed by atoms with van der Waals surface area (Å²) >= 11 is 0. The lowest BCUT2D eigenvalue weighted by molar-refractivity contribution is 0.101. The van der Waals surface area contributed by atoms with Crippen molar-refractivity contribution in [2.45, 2.75) is 93.7 Å². The first-order valence-corrected chi connectivity index (χ1v) is 18.5. The summed E-state index contributed by atoms with van der Waals surface area (Å²) < 4.78 is 39.7. The zero-order chi connectivity index (χ0) is 21.1. The normalized spacial score (nSPS) is 39.3. The molecule has 0 N–H and O–H groups in total. The Morgan fingerprint density at radius 3 is 0.933 bits per heavy atom. The number of ether oxygens (including phenoxy) is 3. The average molecular weight is 475 g/mol. The predicted molar refractivity (Wildman–Crippen MR) is 123 cm³/mol. The van der Waals surface area contributed by atoms with Crippen molar-refractivity contribution in [3.63, 3.8) is 0 Å². The van der Waals surface area contributed by atoms with E-state index in [0.717, 1.165) is 0 Å². The molecular weight excluding hydrogens is 432 g/mol. The summed E-state index contributed by atoms with van der Waals surface area (Å²) in [6.45, 7) is 0. The fraction of sp³-hybridized carbons (Fsp3) is 1.00. The summed E-state index contributed by atoms with van der Waals surface area (Å²) in [7, 11) is -2.39. The Morgan fingerprint density at radius 1 is 0.500 bits per heavy atom. The molecule has 3 aliphatic carbocycles. The summed E-state index contributed by atoms with van der Waals surface area (Å²) in [6, 6.07) is 0. The molecule has 1 heterocycles. The molecule has 0 radical (unpaired) electrons. The molecule has 0 aromatic rings. The van der Waals surface area contributed by atoms with Crippen LogP contribution < -0.4 is 0 Å². The Bertz CT molecular complexity index is 465. The maximum atomic E-state index is 7.33. The highest BCUT2D eigenvalue weighted by Crippen LogP contribution is 2.54. The van der Waals surface area contributed by atoms with Crippen LogP contribution in [0.3, 0.4) is 0 Å². The second-order valence-corrected chi connectivity index (χ2v) is 20.6. The van der Waals surface area contributed by atoms with Gasteiger partial charge in [-0.3, -0.25) is 0 Å². The quantitative estimate of drug-likeness (QED) is 0.449. The Morgan fingerprint density at radius 2 is 0.733 bits per heavy atom. The maximum absolute atomic E-state index is 7.33. The molecule has 1 aliphatic heterocycles. The summed E-state index contributed by atoms with van der Waals surface area (Å²) in [5.74, 6) is 0. The van der Waals surface area contributed by atoms with Crippen LogP contribution in [-0.4, -0.2) is 65.7 Å². The van der Waals surface area contributed by atoms with E-state index in [1.165, 1.54) is 77.0 Å². The van der Waals surface area contributed by atoms with Crippen molar-refractivity contribution in [3.8, 4) is 0 Å². The van der Waals surface area contributed by atoms with Crippen LogP contribution in [0.15, 0.2) is 0 Å². The minimum Gasteiger partial charge on any atom is -0.412 e. The highest BCUT2D eigenvalue weighted by molar-refractivity contribution is 6.96. The van der Waals surface area contributed by atoms with E-state index in [1.54, 1.807) is 0 Å². The van der Waals surface area contributed by atoms with Crippen molar-refractivity contribution in [2.24, 2.45) is 0 Å². The second kappa shape index (κ2) is 10.1. The van der Waals surface area contributed by atoms with Crippen LogP contribution in [0.2, 0.25) is 16.6 Å². The fourth-order valence-corrected chi connectivity index (χ4v) is 26.5. The van der Waals surface area contributed by atoms with Crippen LogP contribution in [-0.2, 0) is 26.6 Å². The zero-order valence-corrected chi connectivity index (χ0v) is 22.3. The molecule has 0 bridgehead atoms. The molecule has 0 atom stereocenters. The predicted octanol–water partition coefficient (Wildman–Crippen LogP) is 4.77. The molecule has 6 nitrogen and oxygen atoms in total. The Kier molecular flexibility index (Phi) is 7.96. The lowest BCUT2D eigenvalue weighted by Crippen LogP contribution is -2.77. The molecule has 4 fully saturated rings. The van der Waals surface area contributed by atoms with Gasteiger partial charge in [-0.05, 0) is 38.5 Å². The zero-order valence-electron chi connectivity index (χ0n) is 19.3. The first-order valence-electron chi connectivity index (χ1n) is 12.2. The van der Waals surface area contributed by atoms with E-state index in [2.05, 4.69) is 0 Å². The van der Waals surface area contributed by atoms with Crippen LogP contribution in [0, 0.1) is 0 Å². The topological polar surface area (TPSA) is 55.4 Å². The van der Waals surface area contributed by atoms with Gasteiger partial charge in [0.25, 0.3) is 0 Å². The standard InChI is InChI=1S/C21H42O6Si3/c1-22-16-28(19-10-4-5-11-19)25-29(17-23-2,20-12-6-7-13-20)27-30(26-28,18-24-3)21-14-8-9-15-21/h19-21H,4-18H2,1-3H3. The Balaban J connectivity index is 1.79. The third kappa shape index (κ3) is 4.43. The monoisotopic (exact) mass is 474 g/mol. The largest absolute Gasteiger partial charge is 0.412 e. The summed E-state index contributed by atoms with van der Waals surface area (Å²) in [5, 5.41) is 0. The summed E-state index contributed by atoms with van der Waals surface area (Å²) in [6.07, 6.45) is 16.8. The van der Waals surface area contributed by atoms with Gasteiger partial charge in [0.2, 0.25) is 0 Å². The van der Waals surface area contributed by atoms with E-state index < -0.39 is 25.7 Å². The molecule has 9 heteroatoms. The average Bonchev–Trinajstić information content (AvgIpc) is 3.53. The van der Waals surface area contributed by atoms with Gasteiger partial charge in [0.15, 0.2) is 0 Å². The van der Waals surface area contributed by atoms with E-state index >= 15 is 0 Å². The lowest BCUT2D eigenvalue weighted by atomic mass is 10.4. The Labute approximate surface area is 186 Å². The van der Waals surface area contributed by atoms with E-state index in [0.29, 0.717) is 35.3 Å². The van der Waals surface area contributed by atoms with Crippen molar-refractivity contribution in [1.29, 1.82) is 0 Å². The minimum absolute atomic E-state index is 0.511. The van der Waals surface area contributed by atoms with Gasteiger partial charge in [-0.2, -0.15) is 0 Å². The van der Waals surface area contributed by atoms with Gasteiger partial charge in [-0.15, -0.1) is 0 Å². The van der Waals surface area contributed by atoms with Gasteiger partial charge < -0.3 is 26.6 Å². The molecular formula is C21H42O6Si3. The number of rotatable bonds is 9. The van der Waals surface area contributed by atoms with Gasteiger partial charge in [0, 0.05) is 38.0 Å². The van der Waals surface area contributed by atoms with Crippen molar-refractivity contribution in [2.75, 3.05) is 40.0 Å². The third-order valence-electron chi connectivity index (χ3n) is 8.00. The molecule has 4 aliphatic rings. The van der Waals surface area contributed by atoms with E-state index in [1.807, 2.05) is 21.3 Å². The first-order chi connectivity index (χ1) is 14.6. The molecule has 0 amide bonds. The third-order valence-corrected chi connectivity index (χ3v) is 23.8.